The molecule has 0 aliphatic heterocycles. The van der Waals surface area contributed by atoms with Crippen molar-refractivity contribution in [1.29, 1.82) is 0 Å². The number of carbonyl (C=O) groups is 1. The van der Waals surface area contributed by atoms with E-state index >= 15 is 0 Å². The molecule has 134 valence electrons. The van der Waals surface area contributed by atoms with Crippen LogP contribution in [0.4, 0.5) is 11.8 Å². The molecule has 0 saturated carbocycles. The topological polar surface area (TPSA) is 88.2 Å². The van der Waals surface area contributed by atoms with Gasteiger partial charge in [0.25, 0.3) is 5.91 Å². The van der Waals surface area contributed by atoms with Crippen LogP contribution in [0.3, 0.4) is 0 Å². The minimum atomic E-state index is -0.175. The maximum Gasteiger partial charge on any atom is 0.252 e. The fourth-order valence-electron chi connectivity index (χ4n) is 2.17. The van der Waals surface area contributed by atoms with Gasteiger partial charge in [0.15, 0.2) is 0 Å². The lowest BCUT2D eigenvalue weighted by Crippen LogP contribution is -2.29. The molecule has 0 atom stereocenters. The molecule has 0 unspecified atom stereocenters. The predicted molar refractivity (Wildman–Crippen MR) is 102 cm³/mol. The minimum Gasteiger partial charge on any atom is -0.497 e. The summed E-state index contributed by atoms with van der Waals surface area (Å²) in [5, 5.41) is 9.13. The maximum absolute atomic E-state index is 12.3. The largest absolute Gasteiger partial charge is 0.497 e. The molecule has 0 spiro atoms. The van der Waals surface area contributed by atoms with E-state index in [1.54, 1.807) is 25.3 Å². The summed E-state index contributed by atoms with van der Waals surface area (Å²) in [6, 6.07) is 7.16. The molecule has 1 aromatic carbocycles. The zero-order chi connectivity index (χ0) is 18.2. The number of nitrogens with one attached hydrogen (secondary N) is 3. The molecule has 25 heavy (non-hydrogen) atoms. The van der Waals surface area contributed by atoms with E-state index in [4.69, 9.17) is 4.74 Å². The molecule has 0 saturated heterocycles. The fraction of sp³-hybridized carbons (Fsp3) is 0.353. The summed E-state index contributed by atoms with van der Waals surface area (Å²) >= 11 is 3.38. The van der Waals surface area contributed by atoms with Crippen molar-refractivity contribution in [2.75, 3.05) is 37.4 Å². The highest BCUT2D eigenvalue weighted by atomic mass is 79.9. The number of halogens is 1. The van der Waals surface area contributed by atoms with Gasteiger partial charge in [0.05, 0.1) is 12.7 Å². The van der Waals surface area contributed by atoms with Gasteiger partial charge in [0.2, 0.25) is 5.95 Å². The molecule has 1 amide bonds. The Morgan fingerprint density at radius 2 is 2.00 bits per heavy atom. The SMILES string of the molecule is CCNc1cc(C)nc(NCCNC(=O)c2cc(OC)ccc2Br)n1. The van der Waals surface area contributed by atoms with Crippen molar-refractivity contribution in [2.45, 2.75) is 13.8 Å². The molecule has 0 radical (unpaired) electrons. The van der Waals surface area contributed by atoms with E-state index in [9.17, 15) is 4.79 Å². The van der Waals surface area contributed by atoms with Gasteiger partial charge in [-0.3, -0.25) is 4.79 Å². The summed E-state index contributed by atoms with van der Waals surface area (Å²) in [4.78, 5) is 21.0. The molecule has 2 rings (SSSR count). The van der Waals surface area contributed by atoms with E-state index in [1.165, 1.54) is 0 Å². The third kappa shape index (κ3) is 5.60. The molecular weight excluding hydrogens is 386 g/mol. The van der Waals surface area contributed by atoms with Crippen molar-refractivity contribution in [3.63, 3.8) is 0 Å². The second-order valence-electron chi connectivity index (χ2n) is 5.28. The van der Waals surface area contributed by atoms with E-state index in [0.717, 1.165) is 22.5 Å². The Bertz CT molecular complexity index is 739. The summed E-state index contributed by atoms with van der Waals surface area (Å²) < 4.78 is 5.87. The summed E-state index contributed by atoms with van der Waals surface area (Å²) in [5.41, 5.74) is 1.40. The number of hydrogen-bond donors (Lipinski definition) is 3. The van der Waals surface area contributed by atoms with Crippen LogP contribution in [0.2, 0.25) is 0 Å². The lowest BCUT2D eigenvalue weighted by atomic mass is 10.2. The Hall–Kier alpha value is -2.35. The number of aryl methyl sites for hydroxylation is 1. The number of ether oxygens (including phenoxy) is 1. The van der Waals surface area contributed by atoms with Gasteiger partial charge in [-0.05, 0) is 48.0 Å². The van der Waals surface area contributed by atoms with E-state index in [2.05, 4.69) is 41.8 Å². The first-order valence-electron chi connectivity index (χ1n) is 7.98. The van der Waals surface area contributed by atoms with Gasteiger partial charge in [-0.15, -0.1) is 0 Å². The first-order valence-corrected chi connectivity index (χ1v) is 8.78. The molecule has 8 heteroatoms. The van der Waals surface area contributed by atoms with Crippen molar-refractivity contribution in [2.24, 2.45) is 0 Å². The van der Waals surface area contributed by atoms with E-state index in [1.807, 2.05) is 19.9 Å². The van der Waals surface area contributed by atoms with E-state index < -0.39 is 0 Å². The number of methoxy groups -OCH3 is 1. The van der Waals surface area contributed by atoms with Crippen LogP contribution in [0, 0.1) is 6.92 Å². The van der Waals surface area contributed by atoms with Crippen molar-refractivity contribution in [3.05, 3.63) is 40.0 Å². The lowest BCUT2D eigenvalue weighted by Gasteiger charge is -2.10. The summed E-state index contributed by atoms with van der Waals surface area (Å²) in [7, 11) is 1.57. The number of rotatable bonds is 8. The van der Waals surface area contributed by atoms with Crippen molar-refractivity contribution >= 4 is 33.6 Å². The van der Waals surface area contributed by atoms with Crippen molar-refractivity contribution in [3.8, 4) is 5.75 Å². The highest BCUT2D eigenvalue weighted by molar-refractivity contribution is 9.10. The second kappa shape index (κ2) is 9.22. The summed E-state index contributed by atoms with van der Waals surface area (Å²) in [6.45, 7) is 5.67. The number of benzene rings is 1. The van der Waals surface area contributed by atoms with Crippen LogP contribution in [0.1, 0.15) is 23.0 Å². The van der Waals surface area contributed by atoms with Crippen LogP contribution in [-0.2, 0) is 0 Å². The second-order valence-corrected chi connectivity index (χ2v) is 6.13. The van der Waals surface area contributed by atoms with Crippen LogP contribution in [0.15, 0.2) is 28.7 Å². The number of hydrogen-bond acceptors (Lipinski definition) is 6. The first kappa shape index (κ1) is 19.0. The smallest absolute Gasteiger partial charge is 0.252 e. The fourth-order valence-corrected chi connectivity index (χ4v) is 2.60. The Morgan fingerprint density at radius 1 is 1.20 bits per heavy atom. The van der Waals surface area contributed by atoms with E-state index in [0.29, 0.717) is 30.4 Å². The zero-order valence-electron chi connectivity index (χ0n) is 14.5. The maximum atomic E-state index is 12.3. The van der Waals surface area contributed by atoms with Crippen LogP contribution >= 0.6 is 15.9 Å². The number of aromatic nitrogens is 2. The first-order chi connectivity index (χ1) is 12.0. The average molecular weight is 408 g/mol. The highest BCUT2D eigenvalue weighted by Crippen LogP contribution is 2.22. The van der Waals surface area contributed by atoms with Crippen molar-refractivity contribution < 1.29 is 9.53 Å². The molecule has 0 aliphatic carbocycles. The van der Waals surface area contributed by atoms with Crippen LogP contribution < -0.4 is 20.7 Å². The molecule has 3 N–H and O–H groups in total. The van der Waals surface area contributed by atoms with E-state index in [-0.39, 0.29) is 5.91 Å². The standard InChI is InChI=1S/C17H22BrN5O2/c1-4-19-15-9-11(2)22-17(23-15)21-8-7-20-16(24)13-10-12(25-3)5-6-14(13)18/h5-6,9-10H,4,7-8H2,1-3H3,(H,20,24)(H2,19,21,22,23). The monoisotopic (exact) mass is 407 g/mol. The molecule has 1 heterocycles. The van der Waals surface area contributed by atoms with Gasteiger partial charge >= 0.3 is 0 Å². The minimum absolute atomic E-state index is 0.175. The van der Waals surface area contributed by atoms with Gasteiger partial charge in [-0.25, -0.2) is 4.98 Å². The van der Waals surface area contributed by atoms with Crippen molar-refractivity contribution in [1.82, 2.24) is 15.3 Å². The number of carbonyl (C=O) groups excluding carboxylic acids is 1. The Morgan fingerprint density at radius 3 is 2.72 bits per heavy atom. The quantitative estimate of drug-likeness (QED) is 0.583. The summed E-state index contributed by atoms with van der Waals surface area (Å²) in [6.07, 6.45) is 0. The molecule has 0 bridgehead atoms. The molecule has 0 aliphatic rings. The summed E-state index contributed by atoms with van der Waals surface area (Å²) in [5.74, 6) is 1.77. The lowest BCUT2D eigenvalue weighted by molar-refractivity contribution is 0.0954. The van der Waals surface area contributed by atoms with Gasteiger partial charge in [-0.1, -0.05) is 0 Å². The highest BCUT2D eigenvalue weighted by Gasteiger charge is 2.11. The number of nitrogens with zero attached hydrogens (tertiary/aromatic N) is 2. The number of amides is 1. The Balaban J connectivity index is 1.88. The Kier molecular flexibility index (Phi) is 7.00. The van der Waals surface area contributed by atoms with Gasteiger partial charge in [0, 0.05) is 35.9 Å². The third-order valence-electron chi connectivity index (χ3n) is 3.32. The van der Waals surface area contributed by atoms with Crippen LogP contribution in [0.5, 0.6) is 5.75 Å². The predicted octanol–water partition coefficient (Wildman–Crippen LogP) is 2.83. The van der Waals surface area contributed by atoms with Gasteiger partial charge in [0.1, 0.15) is 11.6 Å². The van der Waals surface area contributed by atoms with Gasteiger partial charge in [-0.2, -0.15) is 4.98 Å². The molecule has 0 fully saturated rings. The van der Waals surface area contributed by atoms with Gasteiger partial charge < -0.3 is 20.7 Å². The molecule has 7 nitrogen and oxygen atoms in total. The van der Waals surface area contributed by atoms with Crippen LogP contribution in [-0.4, -0.2) is 42.6 Å². The number of anilines is 2. The molecular formula is C17H22BrN5O2. The van der Waals surface area contributed by atoms with Crippen LogP contribution in [0.25, 0.3) is 0 Å². The zero-order valence-corrected chi connectivity index (χ0v) is 16.1. The molecule has 2 aromatic rings. The molecule has 1 aromatic heterocycles. The third-order valence-corrected chi connectivity index (χ3v) is 4.02. The normalized spacial score (nSPS) is 10.2. The average Bonchev–Trinajstić information content (AvgIpc) is 2.59. The Labute approximate surface area is 155 Å².